The fourth-order valence-corrected chi connectivity index (χ4v) is 1.33. The molecule has 92 valence electrons. The van der Waals surface area contributed by atoms with Gasteiger partial charge in [-0.2, -0.15) is 0 Å². The molecule has 0 atom stereocenters. The molecule has 0 aromatic heterocycles. The first kappa shape index (κ1) is 13.0. The molecule has 1 saturated carbocycles. The van der Waals surface area contributed by atoms with Gasteiger partial charge >= 0.3 is 5.97 Å². The molecule has 0 spiro atoms. The largest absolute Gasteiger partial charge is 0.480 e. The van der Waals surface area contributed by atoms with E-state index in [0.29, 0.717) is 32.0 Å². The molecule has 0 aromatic carbocycles. The van der Waals surface area contributed by atoms with Crippen molar-refractivity contribution >= 4 is 11.9 Å². The first-order valence-corrected chi connectivity index (χ1v) is 5.58. The van der Waals surface area contributed by atoms with Gasteiger partial charge in [-0.25, -0.2) is 4.79 Å². The monoisotopic (exact) mass is 229 g/mol. The van der Waals surface area contributed by atoms with Gasteiger partial charge in [-0.1, -0.05) is 13.8 Å². The van der Waals surface area contributed by atoms with Crippen molar-refractivity contribution in [3.63, 3.8) is 0 Å². The first-order chi connectivity index (χ1) is 7.46. The minimum atomic E-state index is -0.977. The van der Waals surface area contributed by atoms with Crippen molar-refractivity contribution in [2.24, 2.45) is 5.92 Å². The van der Waals surface area contributed by atoms with E-state index in [1.807, 2.05) is 13.8 Å². The Hall–Kier alpha value is -1.10. The van der Waals surface area contributed by atoms with Crippen LogP contribution in [0, 0.1) is 5.92 Å². The minimum absolute atomic E-state index is 0.224. The predicted molar refractivity (Wildman–Crippen MR) is 58.0 cm³/mol. The van der Waals surface area contributed by atoms with Crippen LogP contribution in [0.2, 0.25) is 0 Å². The molecule has 1 amide bonds. The zero-order chi connectivity index (χ0) is 12.2. The molecule has 0 aliphatic heterocycles. The molecule has 0 aromatic rings. The zero-order valence-electron chi connectivity index (χ0n) is 9.78. The summed E-state index contributed by atoms with van der Waals surface area (Å²) in [5.41, 5.74) is -0.977. The molecule has 5 nitrogen and oxygen atoms in total. The molecule has 0 radical (unpaired) electrons. The van der Waals surface area contributed by atoms with Gasteiger partial charge < -0.3 is 15.2 Å². The van der Waals surface area contributed by atoms with Crippen LogP contribution in [-0.2, 0) is 14.3 Å². The third kappa shape index (κ3) is 3.81. The van der Waals surface area contributed by atoms with E-state index >= 15 is 0 Å². The van der Waals surface area contributed by atoms with Crippen LogP contribution in [-0.4, -0.2) is 35.7 Å². The Bertz CT molecular complexity index is 271. The van der Waals surface area contributed by atoms with Crippen molar-refractivity contribution < 1.29 is 19.4 Å². The molecule has 16 heavy (non-hydrogen) atoms. The number of nitrogens with one attached hydrogen (secondary N) is 1. The third-order valence-electron chi connectivity index (χ3n) is 2.46. The number of carbonyl (C=O) groups excluding carboxylic acids is 1. The summed E-state index contributed by atoms with van der Waals surface area (Å²) in [6, 6.07) is 0. The summed E-state index contributed by atoms with van der Waals surface area (Å²) >= 11 is 0. The summed E-state index contributed by atoms with van der Waals surface area (Å²) in [5, 5.41) is 11.4. The van der Waals surface area contributed by atoms with Gasteiger partial charge in [0.2, 0.25) is 5.91 Å². The van der Waals surface area contributed by atoms with Crippen molar-refractivity contribution in [2.45, 2.75) is 38.6 Å². The smallest absolute Gasteiger partial charge is 0.329 e. The average molecular weight is 229 g/mol. The van der Waals surface area contributed by atoms with E-state index in [-0.39, 0.29) is 12.3 Å². The predicted octanol–water partition coefficient (Wildman–Crippen LogP) is 0.782. The number of ether oxygens (including phenoxy) is 1. The van der Waals surface area contributed by atoms with Crippen molar-refractivity contribution in [1.29, 1.82) is 0 Å². The van der Waals surface area contributed by atoms with Crippen molar-refractivity contribution in [2.75, 3.05) is 13.2 Å². The van der Waals surface area contributed by atoms with Crippen LogP contribution in [0.15, 0.2) is 0 Å². The van der Waals surface area contributed by atoms with Gasteiger partial charge in [0.15, 0.2) is 0 Å². The van der Waals surface area contributed by atoms with Crippen LogP contribution in [0.3, 0.4) is 0 Å². The van der Waals surface area contributed by atoms with Crippen LogP contribution in [0.4, 0.5) is 0 Å². The highest BCUT2D eigenvalue weighted by molar-refractivity contribution is 5.89. The summed E-state index contributed by atoms with van der Waals surface area (Å²) in [6.07, 6.45) is 1.28. The quantitative estimate of drug-likeness (QED) is 0.633. The summed E-state index contributed by atoms with van der Waals surface area (Å²) in [7, 11) is 0. The second-order valence-electron chi connectivity index (χ2n) is 4.65. The average Bonchev–Trinajstić information content (AvgIpc) is 2.93. The SMILES string of the molecule is CC(C)COCCC(=O)NC1(C(=O)O)CC1. The summed E-state index contributed by atoms with van der Waals surface area (Å²) in [4.78, 5) is 22.2. The number of carboxylic acids is 1. The highest BCUT2D eigenvalue weighted by Crippen LogP contribution is 2.35. The molecule has 1 aliphatic rings. The number of carboxylic acid groups (broad SMARTS) is 1. The van der Waals surface area contributed by atoms with Crippen molar-refractivity contribution in [1.82, 2.24) is 5.32 Å². The lowest BCUT2D eigenvalue weighted by Gasteiger charge is -2.12. The Kier molecular flexibility index (Phi) is 4.29. The van der Waals surface area contributed by atoms with Crippen LogP contribution in [0.25, 0.3) is 0 Å². The lowest BCUT2D eigenvalue weighted by atomic mass is 10.2. The second-order valence-corrected chi connectivity index (χ2v) is 4.65. The molecular weight excluding hydrogens is 210 g/mol. The Morgan fingerprint density at radius 3 is 2.50 bits per heavy atom. The number of rotatable bonds is 7. The van der Waals surface area contributed by atoms with Gasteiger partial charge in [0.05, 0.1) is 6.61 Å². The number of carbonyl (C=O) groups is 2. The number of amides is 1. The van der Waals surface area contributed by atoms with Crippen molar-refractivity contribution in [3.8, 4) is 0 Å². The van der Waals surface area contributed by atoms with E-state index in [0.717, 1.165) is 0 Å². The minimum Gasteiger partial charge on any atom is -0.480 e. The summed E-state index contributed by atoms with van der Waals surface area (Å²) in [5.74, 6) is -0.746. The van der Waals surface area contributed by atoms with Gasteiger partial charge in [0, 0.05) is 13.0 Å². The maximum Gasteiger partial charge on any atom is 0.329 e. The van der Waals surface area contributed by atoms with Crippen molar-refractivity contribution in [3.05, 3.63) is 0 Å². The number of hydrogen-bond donors (Lipinski definition) is 2. The molecule has 5 heteroatoms. The van der Waals surface area contributed by atoms with E-state index in [1.165, 1.54) is 0 Å². The first-order valence-electron chi connectivity index (χ1n) is 5.58. The van der Waals surface area contributed by atoms with Crippen LogP contribution < -0.4 is 5.32 Å². The lowest BCUT2D eigenvalue weighted by Crippen LogP contribution is -2.43. The maximum atomic E-state index is 11.4. The molecule has 2 N–H and O–H groups in total. The van der Waals surface area contributed by atoms with Gasteiger partial charge in [-0.15, -0.1) is 0 Å². The molecule has 0 heterocycles. The van der Waals surface area contributed by atoms with E-state index < -0.39 is 11.5 Å². The van der Waals surface area contributed by atoms with Gasteiger partial charge in [-0.05, 0) is 18.8 Å². The summed E-state index contributed by atoms with van der Waals surface area (Å²) in [6.45, 7) is 5.03. The molecule has 1 fully saturated rings. The Morgan fingerprint density at radius 2 is 2.06 bits per heavy atom. The van der Waals surface area contributed by atoms with Gasteiger partial charge in [-0.3, -0.25) is 4.79 Å². The maximum absolute atomic E-state index is 11.4. The Morgan fingerprint density at radius 1 is 1.44 bits per heavy atom. The molecule has 0 bridgehead atoms. The number of hydrogen-bond acceptors (Lipinski definition) is 3. The van der Waals surface area contributed by atoms with E-state index in [9.17, 15) is 9.59 Å². The highest BCUT2D eigenvalue weighted by Gasteiger charge is 2.51. The third-order valence-corrected chi connectivity index (χ3v) is 2.46. The fraction of sp³-hybridized carbons (Fsp3) is 0.818. The fourth-order valence-electron chi connectivity index (χ4n) is 1.33. The molecular formula is C11H19NO4. The topological polar surface area (TPSA) is 75.6 Å². The number of aliphatic carboxylic acids is 1. The Balaban J connectivity index is 2.14. The Labute approximate surface area is 95.2 Å². The van der Waals surface area contributed by atoms with E-state index in [2.05, 4.69) is 5.32 Å². The van der Waals surface area contributed by atoms with Crippen LogP contribution in [0.1, 0.15) is 33.1 Å². The molecule has 1 aliphatic carbocycles. The van der Waals surface area contributed by atoms with E-state index in [4.69, 9.17) is 9.84 Å². The zero-order valence-corrected chi connectivity index (χ0v) is 9.78. The standard InChI is InChI=1S/C11H19NO4/c1-8(2)7-16-6-3-9(13)12-11(4-5-11)10(14)15/h8H,3-7H2,1-2H3,(H,12,13)(H,14,15). The normalized spacial score (nSPS) is 17.2. The molecule has 0 unspecified atom stereocenters. The van der Waals surface area contributed by atoms with Gasteiger partial charge in [0.1, 0.15) is 5.54 Å². The van der Waals surface area contributed by atoms with Crippen LogP contribution >= 0.6 is 0 Å². The van der Waals surface area contributed by atoms with E-state index in [1.54, 1.807) is 0 Å². The van der Waals surface area contributed by atoms with Crippen LogP contribution in [0.5, 0.6) is 0 Å². The molecule has 1 rings (SSSR count). The van der Waals surface area contributed by atoms with Gasteiger partial charge in [0.25, 0.3) is 0 Å². The second kappa shape index (κ2) is 5.30. The lowest BCUT2D eigenvalue weighted by molar-refractivity contribution is -0.143. The molecule has 0 saturated heterocycles. The summed E-state index contributed by atoms with van der Waals surface area (Å²) < 4.78 is 5.25. The highest BCUT2D eigenvalue weighted by atomic mass is 16.5.